The van der Waals surface area contributed by atoms with Crippen molar-refractivity contribution in [3.05, 3.63) is 54.1 Å². The average molecular weight is 678 g/mol. The first kappa shape index (κ1) is 43.3. The van der Waals surface area contributed by atoms with Crippen molar-refractivity contribution in [2.45, 2.75) is 89.4 Å². The minimum Gasteiger partial charge on any atom is -0.744 e. The number of hydrogen-bond acceptors (Lipinski definition) is 10. The second-order valence-corrected chi connectivity index (χ2v) is 11.8. The van der Waals surface area contributed by atoms with Crippen LogP contribution in [0.25, 0.3) is 10.8 Å². The zero-order chi connectivity index (χ0) is 31.8. The summed E-state index contributed by atoms with van der Waals surface area (Å²) < 4.78 is 59.9. The number of unbranched alkanes of at least 4 members (excludes halogenated alkanes) is 9. The standard InChI is InChI=1S/C30H38N3O5S.2Na.O3S/c1-3-4-5-6-7-8-9-10-11-12-13-23-14-17-25(18-15-23)32-33-27-19-16-24-20-26(39(36,37)38)21-28(31-22(2)34)29(24)30(27)35;;;1-4(2)3/h14-18,20-21,35H,3-13H2,1-2H3,(H,31,34)(H,36,37,38);;;/q-1;2*+1;/p-1. The molecule has 3 aromatic rings. The van der Waals surface area contributed by atoms with Gasteiger partial charge >= 0.3 is 69.7 Å². The molecular formula is C30H37N3Na2O8S2. The number of hydrogen-bond donors (Lipinski definition) is 2. The van der Waals surface area contributed by atoms with Gasteiger partial charge in [-0.25, -0.2) is 8.42 Å². The van der Waals surface area contributed by atoms with Gasteiger partial charge in [-0.1, -0.05) is 88.3 Å². The molecule has 0 unspecified atom stereocenters. The monoisotopic (exact) mass is 677 g/mol. The van der Waals surface area contributed by atoms with Gasteiger partial charge in [0.2, 0.25) is 5.91 Å². The van der Waals surface area contributed by atoms with Crippen molar-refractivity contribution in [2.24, 2.45) is 10.2 Å². The number of carbonyl (C=O) groups excluding carboxylic acids is 1. The molecule has 0 radical (unpaired) electrons. The van der Waals surface area contributed by atoms with Crippen LogP contribution in [0.5, 0.6) is 5.75 Å². The Morgan fingerprint density at radius 1 is 0.911 bits per heavy atom. The summed E-state index contributed by atoms with van der Waals surface area (Å²) in [4.78, 5) is 11.1. The summed E-state index contributed by atoms with van der Waals surface area (Å²) in [6, 6.07) is 14.0. The molecule has 2 N–H and O–H groups in total. The summed E-state index contributed by atoms with van der Waals surface area (Å²) in [5, 5.41) is 21.9. The van der Waals surface area contributed by atoms with Crippen molar-refractivity contribution in [1.82, 2.24) is 0 Å². The van der Waals surface area contributed by atoms with E-state index in [1.165, 1.54) is 76.3 Å². The Morgan fingerprint density at radius 3 is 1.96 bits per heavy atom. The van der Waals surface area contributed by atoms with Crippen molar-refractivity contribution in [2.75, 3.05) is 5.32 Å². The fraction of sp³-hybridized carbons (Fsp3) is 0.433. The molecule has 0 aliphatic heterocycles. The maximum atomic E-state index is 11.6. The molecule has 0 aliphatic rings. The number of fused-ring (bicyclic) bond motifs is 1. The molecule has 3 rings (SSSR count). The number of nitrogens with one attached hydrogen (secondary N) is 1. The van der Waals surface area contributed by atoms with Gasteiger partial charge in [0.25, 0.3) is 0 Å². The van der Waals surface area contributed by atoms with Gasteiger partial charge in [0.1, 0.15) is 10.1 Å². The number of phenolic OH excluding ortho intramolecular Hbond substituents is 1. The van der Waals surface area contributed by atoms with Crippen molar-refractivity contribution in [3.63, 3.8) is 0 Å². The van der Waals surface area contributed by atoms with E-state index >= 15 is 0 Å². The van der Waals surface area contributed by atoms with Crippen molar-refractivity contribution < 1.29 is 94.6 Å². The second-order valence-electron chi connectivity index (χ2n) is 10.1. The number of benzene rings is 3. The number of anilines is 1. The molecule has 234 valence electrons. The Balaban J connectivity index is 0.00000304. The van der Waals surface area contributed by atoms with E-state index in [0.29, 0.717) is 5.69 Å². The minimum atomic E-state index is -4.78. The van der Waals surface area contributed by atoms with Crippen molar-refractivity contribution in [1.29, 1.82) is 0 Å². The zero-order valence-electron chi connectivity index (χ0n) is 26.3. The van der Waals surface area contributed by atoms with E-state index in [1.807, 2.05) is 24.3 Å². The van der Waals surface area contributed by atoms with E-state index in [0.717, 1.165) is 25.0 Å². The third kappa shape index (κ3) is 16.6. The molecule has 1 amide bonds. The van der Waals surface area contributed by atoms with Gasteiger partial charge in [-0.2, -0.15) is 22.4 Å². The van der Waals surface area contributed by atoms with Crippen molar-refractivity contribution >= 4 is 54.5 Å². The van der Waals surface area contributed by atoms with Gasteiger partial charge in [0.05, 0.1) is 5.69 Å². The molecule has 0 aliphatic carbocycles. The quantitative estimate of drug-likeness (QED) is 0.0788. The van der Waals surface area contributed by atoms with E-state index in [4.69, 9.17) is 12.6 Å². The van der Waals surface area contributed by atoms with Crippen LogP contribution >= 0.6 is 0 Å². The fourth-order valence-corrected chi connectivity index (χ4v) is 5.04. The van der Waals surface area contributed by atoms with Crippen LogP contribution in [0.3, 0.4) is 0 Å². The number of aromatic hydroxyl groups is 1. The van der Waals surface area contributed by atoms with E-state index in [-0.39, 0.29) is 87.0 Å². The third-order valence-electron chi connectivity index (χ3n) is 6.59. The molecule has 0 fully saturated rings. The topological polar surface area (TPSA) is 182 Å². The molecule has 0 atom stereocenters. The first-order chi connectivity index (χ1) is 20.4. The van der Waals surface area contributed by atoms with Crippen molar-refractivity contribution in [3.8, 4) is 5.75 Å². The molecule has 0 saturated carbocycles. The Bertz CT molecular complexity index is 1610. The zero-order valence-corrected chi connectivity index (χ0v) is 32.0. The summed E-state index contributed by atoms with van der Waals surface area (Å²) in [5.74, 6) is -0.836. The first-order valence-corrected chi connectivity index (χ1v) is 16.6. The van der Waals surface area contributed by atoms with Gasteiger partial charge in [0.15, 0.2) is 0 Å². The van der Waals surface area contributed by atoms with E-state index in [9.17, 15) is 22.9 Å². The molecule has 3 aromatic carbocycles. The number of azo groups is 1. The van der Waals surface area contributed by atoms with Crippen LogP contribution in [0, 0.1) is 6.07 Å². The Labute approximate surface area is 311 Å². The molecule has 0 bridgehead atoms. The third-order valence-corrected chi connectivity index (χ3v) is 7.40. The molecule has 0 aromatic heterocycles. The number of amides is 1. The largest absolute Gasteiger partial charge is 1.00 e. The SMILES string of the molecule is CCCCCCCCCCCCc1ccc(N=Nc2[c-]cc3cc(S(=O)(=O)[O-])cc(NC(C)=O)c3c2O)cc1.O=S(=O)=O.[Na+].[Na+]. The number of phenols is 1. The summed E-state index contributed by atoms with van der Waals surface area (Å²) in [6.45, 7) is 3.48. The normalized spacial score (nSPS) is 10.8. The Hall–Kier alpha value is -1.68. The maximum Gasteiger partial charge on any atom is 1.00 e. The Morgan fingerprint density at radius 2 is 1.44 bits per heavy atom. The summed E-state index contributed by atoms with van der Waals surface area (Å²) in [6.07, 6.45) is 14.1. The molecule has 0 heterocycles. The smallest absolute Gasteiger partial charge is 0.744 e. The molecule has 45 heavy (non-hydrogen) atoms. The van der Waals surface area contributed by atoms with E-state index < -0.39 is 31.5 Å². The van der Waals surface area contributed by atoms with E-state index in [2.05, 4.69) is 28.5 Å². The minimum absolute atomic E-state index is 0. The molecule has 0 saturated heterocycles. The van der Waals surface area contributed by atoms with Gasteiger partial charge in [-0.15, -0.1) is 18.0 Å². The van der Waals surface area contributed by atoms with Gasteiger partial charge < -0.3 is 15.0 Å². The van der Waals surface area contributed by atoms with E-state index in [1.54, 1.807) is 0 Å². The van der Waals surface area contributed by atoms with Crippen LogP contribution in [0.1, 0.15) is 83.6 Å². The number of aryl methyl sites for hydroxylation is 1. The molecule has 15 heteroatoms. The van der Waals surface area contributed by atoms with Crippen LogP contribution in [-0.4, -0.2) is 36.6 Å². The van der Waals surface area contributed by atoms with Crippen LogP contribution in [0.2, 0.25) is 0 Å². The van der Waals surface area contributed by atoms with Crippen LogP contribution in [-0.2, 0) is 31.9 Å². The van der Waals surface area contributed by atoms with Crippen LogP contribution in [0.4, 0.5) is 17.1 Å². The predicted octanol–water partition coefficient (Wildman–Crippen LogP) is 1.09. The maximum absolute atomic E-state index is 11.6. The van der Waals surface area contributed by atoms with Gasteiger partial charge in [-0.3, -0.25) is 4.79 Å². The fourth-order valence-electron chi connectivity index (χ4n) is 4.51. The molecule has 0 spiro atoms. The van der Waals surface area contributed by atoms with Crippen LogP contribution in [0.15, 0.2) is 57.6 Å². The van der Waals surface area contributed by atoms with Crippen LogP contribution < -0.4 is 64.4 Å². The number of carbonyl (C=O) groups is 1. The second kappa shape index (κ2) is 22.8. The van der Waals surface area contributed by atoms with Gasteiger partial charge in [-0.05, 0) is 36.6 Å². The van der Waals surface area contributed by atoms with Gasteiger partial charge in [0, 0.05) is 28.9 Å². The summed E-state index contributed by atoms with van der Waals surface area (Å²) in [7, 11) is -7.89. The molecule has 11 nitrogen and oxygen atoms in total. The summed E-state index contributed by atoms with van der Waals surface area (Å²) >= 11 is 0. The number of rotatable bonds is 15. The molecular weight excluding hydrogens is 640 g/mol. The number of nitrogens with zero attached hydrogens (tertiary/aromatic N) is 2. The average Bonchev–Trinajstić information content (AvgIpc) is 2.93. The Kier molecular flexibility index (Phi) is 21.9. The first-order valence-electron chi connectivity index (χ1n) is 14.1. The summed E-state index contributed by atoms with van der Waals surface area (Å²) in [5.41, 5.74) is 1.83. The predicted molar refractivity (Wildman–Crippen MR) is 163 cm³/mol.